The summed E-state index contributed by atoms with van der Waals surface area (Å²) in [4.78, 5) is 8.73. The van der Waals surface area contributed by atoms with Crippen molar-refractivity contribution < 1.29 is 8.42 Å². The highest BCUT2D eigenvalue weighted by Gasteiger charge is 2.17. The molecule has 1 heterocycles. The molecule has 4 rings (SSSR count). The van der Waals surface area contributed by atoms with Gasteiger partial charge in [-0.1, -0.05) is 54.6 Å². The highest BCUT2D eigenvalue weighted by Crippen LogP contribution is 2.25. The van der Waals surface area contributed by atoms with E-state index < -0.39 is 9.84 Å². The Kier molecular flexibility index (Phi) is 6.28. The van der Waals surface area contributed by atoms with Crippen LogP contribution in [0.3, 0.4) is 0 Å². The highest BCUT2D eigenvalue weighted by molar-refractivity contribution is 7.91. The molecule has 160 valence electrons. The summed E-state index contributed by atoms with van der Waals surface area (Å²) in [5.74, 6) is 0.270. The van der Waals surface area contributed by atoms with Gasteiger partial charge in [-0.25, -0.2) is 13.4 Å². The predicted octanol–water partition coefficient (Wildman–Crippen LogP) is 4.51. The van der Waals surface area contributed by atoms with Gasteiger partial charge in [-0.15, -0.1) is 0 Å². The Morgan fingerprint density at radius 2 is 1.34 bits per heavy atom. The summed E-state index contributed by atoms with van der Waals surface area (Å²) in [5, 5.41) is 2.98. The Morgan fingerprint density at radius 1 is 0.781 bits per heavy atom. The first kappa shape index (κ1) is 21.3. The van der Waals surface area contributed by atoms with Gasteiger partial charge in [0.2, 0.25) is 9.84 Å². The van der Waals surface area contributed by atoms with Gasteiger partial charge in [0.1, 0.15) is 0 Å². The molecule has 0 bridgehead atoms. The molecular weight excluding hydrogens is 420 g/mol. The first-order valence-electron chi connectivity index (χ1n) is 9.99. The Morgan fingerprint density at radius 3 is 1.97 bits per heavy atom. The summed E-state index contributed by atoms with van der Waals surface area (Å²) in [6, 6.07) is 27.0. The number of benzene rings is 3. The van der Waals surface area contributed by atoms with E-state index >= 15 is 0 Å². The van der Waals surface area contributed by atoms with Gasteiger partial charge in [-0.05, 0) is 53.1 Å². The number of sulfone groups is 1. The molecule has 0 aliphatic heterocycles. The van der Waals surface area contributed by atoms with E-state index in [9.17, 15) is 8.42 Å². The smallest absolute Gasteiger partial charge is 0.206 e. The number of nitrogens with one attached hydrogen (secondary N) is 1. The van der Waals surface area contributed by atoms with E-state index in [1.807, 2.05) is 42.5 Å². The van der Waals surface area contributed by atoms with Crippen molar-refractivity contribution in [3.8, 4) is 11.1 Å². The Labute approximate surface area is 187 Å². The van der Waals surface area contributed by atoms with Gasteiger partial charge >= 0.3 is 0 Å². The number of guanidine groups is 1. The van der Waals surface area contributed by atoms with Crippen molar-refractivity contribution in [2.45, 2.75) is 16.3 Å². The number of pyridine rings is 1. The van der Waals surface area contributed by atoms with E-state index in [4.69, 9.17) is 5.73 Å². The molecule has 3 N–H and O–H groups in total. The normalized spacial score (nSPS) is 11.8. The van der Waals surface area contributed by atoms with Crippen LogP contribution in [0.15, 0.2) is 118 Å². The summed E-state index contributed by atoms with van der Waals surface area (Å²) in [6.07, 6.45) is 3.31. The molecule has 0 saturated carbocycles. The molecule has 0 fully saturated rings. The van der Waals surface area contributed by atoms with Crippen molar-refractivity contribution >= 4 is 21.5 Å². The van der Waals surface area contributed by atoms with Gasteiger partial charge in [0.25, 0.3) is 0 Å². The SMILES string of the molecule is NC(=NCc1ccc(S(=O)(=O)c2ccc(-c3ccccc3)cc2)cc1)Nc1ccncc1. The lowest BCUT2D eigenvalue weighted by Crippen LogP contribution is -2.22. The number of aliphatic imine (C=N–C) groups is 1. The second-order valence-electron chi connectivity index (χ2n) is 7.10. The standard InChI is InChI=1S/C25H22N4O2S/c26-25(29-22-14-16-27-17-15-22)28-18-19-6-10-23(11-7-19)32(30,31)24-12-8-21(9-13-24)20-4-2-1-3-5-20/h1-17H,18H2,(H3,26,27,28,29). The average molecular weight is 443 g/mol. The average Bonchev–Trinajstić information content (AvgIpc) is 2.84. The molecule has 32 heavy (non-hydrogen) atoms. The first-order chi connectivity index (χ1) is 15.5. The number of anilines is 1. The summed E-state index contributed by atoms with van der Waals surface area (Å²) in [6.45, 7) is 0.329. The predicted molar refractivity (Wildman–Crippen MR) is 127 cm³/mol. The van der Waals surface area contributed by atoms with E-state index in [1.165, 1.54) is 0 Å². The Bertz CT molecular complexity index is 1300. The van der Waals surface area contributed by atoms with Crippen molar-refractivity contribution in [3.05, 3.63) is 109 Å². The maximum absolute atomic E-state index is 13.0. The summed E-state index contributed by atoms with van der Waals surface area (Å²) in [5.41, 5.74) is 9.56. The van der Waals surface area contributed by atoms with Gasteiger partial charge in [0.05, 0.1) is 16.3 Å². The molecule has 3 aromatic carbocycles. The zero-order chi connectivity index (χ0) is 22.4. The fraction of sp³-hybridized carbons (Fsp3) is 0.0400. The van der Waals surface area contributed by atoms with Crippen LogP contribution in [-0.4, -0.2) is 19.4 Å². The molecule has 6 nitrogen and oxygen atoms in total. The summed E-state index contributed by atoms with van der Waals surface area (Å²) in [7, 11) is -3.61. The third kappa shape index (κ3) is 5.01. The van der Waals surface area contributed by atoms with Gasteiger partial charge in [0, 0.05) is 18.1 Å². The molecular formula is C25H22N4O2S. The van der Waals surface area contributed by atoms with Crippen LogP contribution in [0.1, 0.15) is 5.56 Å². The van der Waals surface area contributed by atoms with E-state index in [0.29, 0.717) is 6.54 Å². The van der Waals surface area contributed by atoms with Crippen LogP contribution in [-0.2, 0) is 16.4 Å². The van der Waals surface area contributed by atoms with E-state index in [2.05, 4.69) is 15.3 Å². The monoisotopic (exact) mass is 442 g/mol. The van der Waals surface area contributed by atoms with Gasteiger partial charge in [-0.2, -0.15) is 0 Å². The molecule has 0 saturated heterocycles. The minimum Gasteiger partial charge on any atom is -0.370 e. The summed E-state index contributed by atoms with van der Waals surface area (Å²) >= 11 is 0. The fourth-order valence-corrected chi connectivity index (χ4v) is 4.43. The molecule has 0 unspecified atom stereocenters. The topological polar surface area (TPSA) is 97.4 Å². The minimum atomic E-state index is -3.61. The quantitative estimate of drug-likeness (QED) is 0.338. The van der Waals surface area contributed by atoms with Crippen molar-refractivity contribution in [2.75, 3.05) is 5.32 Å². The number of hydrogen-bond acceptors (Lipinski definition) is 4. The van der Waals surface area contributed by atoms with Crippen molar-refractivity contribution in [1.29, 1.82) is 0 Å². The van der Waals surface area contributed by atoms with Crippen molar-refractivity contribution in [2.24, 2.45) is 10.7 Å². The lowest BCUT2D eigenvalue weighted by molar-refractivity contribution is 0.596. The lowest BCUT2D eigenvalue weighted by atomic mass is 10.1. The zero-order valence-corrected chi connectivity index (χ0v) is 18.0. The van der Waals surface area contributed by atoms with Crippen LogP contribution in [0.4, 0.5) is 5.69 Å². The molecule has 0 aliphatic carbocycles. The van der Waals surface area contributed by atoms with Gasteiger partial charge in [-0.3, -0.25) is 4.98 Å². The van der Waals surface area contributed by atoms with Crippen LogP contribution in [0, 0.1) is 0 Å². The van der Waals surface area contributed by atoms with Crippen LogP contribution in [0.5, 0.6) is 0 Å². The largest absolute Gasteiger partial charge is 0.370 e. The lowest BCUT2D eigenvalue weighted by Gasteiger charge is -2.08. The number of nitrogens with zero attached hydrogens (tertiary/aromatic N) is 2. The molecule has 1 aromatic heterocycles. The van der Waals surface area contributed by atoms with Crippen molar-refractivity contribution in [1.82, 2.24) is 4.98 Å². The van der Waals surface area contributed by atoms with Crippen LogP contribution < -0.4 is 11.1 Å². The number of hydrogen-bond donors (Lipinski definition) is 2. The first-order valence-corrected chi connectivity index (χ1v) is 11.5. The Balaban J connectivity index is 1.45. The molecule has 0 spiro atoms. The Hall–Kier alpha value is -3.97. The maximum atomic E-state index is 13.0. The second kappa shape index (κ2) is 9.45. The molecule has 7 heteroatoms. The van der Waals surface area contributed by atoms with Crippen molar-refractivity contribution in [3.63, 3.8) is 0 Å². The summed E-state index contributed by atoms with van der Waals surface area (Å²) < 4.78 is 26.0. The maximum Gasteiger partial charge on any atom is 0.206 e. The molecule has 0 amide bonds. The number of aromatic nitrogens is 1. The number of nitrogens with two attached hydrogens (primary N) is 1. The van der Waals surface area contributed by atoms with E-state index in [0.717, 1.165) is 22.4 Å². The zero-order valence-electron chi connectivity index (χ0n) is 17.2. The van der Waals surface area contributed by atoms with Crippen LogP contribution in [0.2, 0.25) is 0 Å². The van der Waals surface area contributed by atoms with Gasteiger partial charge in [0.15, 0.2) is 5.96 Å². The minimum absolute atomic E-state index is 0.237. The third-order valence-electron chi connectivity index (χ3n) is 4.89. The highest BCUT2D eigenvalue weighted by atomic mass is 32.2. The van der Waals surface area contributed by atoms with E-state index in [-0.39, 0.29) is 15.8 Å². The van der Waals surface area contributed by atoms with E-state index in [1.54, 1.807) is 60.9 Å². The molecule has 4 aromatic rings. The molecule has 0 atom stereocenters. The van der Waals surface area contributed by atoms with Gasteiger partial charge < -0.3 is 11.1 Å². The number of rotatable bonds is 6. The molecule has 0 radical (unpaired) electrons. The van der Waals surface area contributed by atoms with Crippen LogP contribution >= 0.6 is 0 Å². The van der Waals surface area contributed by atoms with Crippen LogP contribution in [0.25, 0.3) is 11.1 Å². The second-order valence-corrected chi connectivity index (χ2v) is 9.05. The molecule has 0 aliphatic rings. The third-order valence-corrected chi connectivity index (χ3v) is 6.68. The fourth-order valence-electron chi connectivity index (χ4n) is 3.17.